The zero-order chi connectivity index (χ0) is 33.1. The molecule has 4 aromatic rings. The van der Waals surface area contributed by atoms with Crippen LogP contribution in [0.4, 0.5) is 0 Å². The van der Waals surface area contributed by atoms with Gasteiger partial charge < -0.3 is 37.8 Å². The predicted molar refractivity (Wildman–Crippen MR) is 181 cm³/mol. The van der Waals surface area contributed by atoms with Gasteiger partial charge in [0.25, 0.3) is 0 Å². The summed E-state index contributed by atoms with van der Waals surface area (Å²) >= 11 is 0. The van der Waals surface area contributed by atoms with Crippen molar-refractivity contribution in [3.63, 3.8) is 0 Å². The summed E-state index contributed by atoms with van der Waals surface area (Å²) in [5.74, 6) is 4.46. The maximum Gasteiger partial charge on any atom is 0.204 e. The summed E-state index contributed by atoms with van der Waals surface area (Å²) in [4.78, 5) is 0. The van der Waals surface area contributed by atoms with E-state index in [1.807, 2.05) is 12.1 Å². The Morgan fingerprint density at radius 3 is 2.00 bits per heavy atom. The lowest BCUT2D eigenvalue weighted by Crippen LogP contribution is -2.48. The molecule has 1 N–H and O–H groups in total. The number of aromatic hydroxyl groups is 1. The van der Waals surface area contributed by atoms with Crippen molar-refractivity contribution in [2.24, 2.45) is 0 Å². The quantitative estimate of drug-likeness (QED) is 0.241. The highest BCUT2D eigenvalue weighted by atomic mass is 16.5. The van der Waals surface area contributed by atoms with E-state index < -0.39 is 0 Å². The fourth-order valence-corrected chi connectivity index (χ4v) is 7.79. The molecule has 0 saturated carbocycles. The van der Waals surface area contributed by atoms with Crippen LogP contribution in [0.3, 0.4) is 0 Å². The Labute approximate surface area is 277 Å². The van der Waals surface area contributed by atoms with E-state index in [1.165, 1.54) is 22.3 Å². The largest absolute Gasteiger partial charge is 0.504 e. The first-order chi connectivity index (χ1) is 22.5. The van der Waals surface area contributed by atoms with Crippen LogP contribution in [-0.2, 0) is 25.7 Å². The molecule has 0 aromatic heterocycles. The topological polar surface area (TPSA) is 66.4 Å². The van der Waals surface area contributed by atoms with E-state index in [4.69, 9.17) is 23.7 Å². The van der Waals surface area contributed by atoms with Crippen LogP contribution in [0, 0.1) is 0 Å². The number of quaternary nitrogens is 2. The van der Waals surface area contributed by atoms with Crippen molar-refractivity contribution >= 4 is 0 Å². The monoisotopic (exact) mass is 638 g/mol. The van der Waals surface area contributed by atoms with E-state index in [2.05, 4.69) is 70.7 Å². The molecule has 2 unspecified atom stereocenters. The number of phenolic OH excluding ortho intramolecular Hbond substituents is 1. The van der Waals surface area contributed by atoms with Crippen molar-refractivity contribution in [2.75, 3.05) is 62.6 Å². The average Bonchev–Trinajstić information content (AvgIpc) is 3.05. The third-order valence-electron chi connectivity index (χ3n) is 10.7. The predicted octanol–water partition coefficient (Wildman–Crippen LogP) is 7.15. The van der Waals surface area contributed by atoms with Crippen molar-refractivity contribution < 1.29 is 37.8 Å². The van der Waals surface area contributed by atoms with Crippen LogP contribution in [0.15, 0.2) is 60.7 Å². The van der Waals surface area contributed by atoms with E-state index in [1.54, 1.807) is 27.4 Å². The van der Waals surface area contributed by atoms with Crippen molar-refractivity contribution in [1.29, 1.82) is 0 Å². The minimum Gasteiger partial charge on any atom is -0.504 e. The fraction of sp³-hybridized carbons (Fsp3) is 0.385. The number of hydrogen-bond acceptors (Lipinski definition) is 6. The molecule has 4 heterocycles. The Morgan fingerprint density at radius 1 is 0.660 bits per heavy atom. The molecular weight excluding hydrogens is 592 g/mol. The van der Waals surface area contributed by atoms with Gasteiger partial charge in [0.15, 0.2) is 34.5 Å². The zero-order valence-electron chi connectivity index (χ0n) is 28.6. The van der Waals surface area contributed by atoms with Gasteiger partial charge in [-0.1, -0.05) is 18.2 Å². The van der Waals surface area contributed by atoms with E-state index in [9.17, 15) is 5.11 Å². The van der Waals surface area contributed by atoms with E-state index in [0.717, 1.165) is 58.2 Å². The summed E-state index contributed by atoms with van der Waals surface area (Å²) in [5.41, 5.74) is 7.09. The molecule has 0 aliphatic carbocycles. The number of methoxy groups -OCH3 is 3. The van der Waals surface area contributed by atoms with E-state index >= 15 is 0 Å². The van der Waals surface area contributed by atoms with Gasteiger partial charge in [-0.2, -0.15) is 0 Å². The highest BCUT2D eigenvalue weighted by Crippen LogP contribution is 2.52. The van der Waals surface area contributed by atoms with Gasteiger partial charge >= 0.3 is 0 Å². The van der Waals surface area contributed by atoms with Crippen LogP contribution in [0.2, 0.25) is 0 Å². The Kier molecular flexibility index (Phi) is 7.76. The lowest BCUT2D eigenvalue weighted by atomic mass is 9.85. The maximum atomic E-state index is 11.1. The minimum atomic E-state index is 0.0307. The number of fused-ring (bicyclic) bond motifs is 2. The van der Waals surface area contributed by atoms with Crippen LogP contribution >= 0.6 is 0 Å². The summed E-state index contributed by atoms with van der Waals surface area (Å²) < 4.78 is 32.7. The third kappa shape index (κ3) is 5.53. The van der Waals surface area contributed by atoms with E-state index in [-0.39, 0.29) is 17.8 Å². The lowest BCUT2D eigenvalue weighted by Gasteiger charge is -2.43. The molecule has 4 aliphatic rings. The Balaban J connectivity index is 1.45. The van der Waals surface area contributed by atoms with Crippen LogP contribution in [0.5, 0.6) is 46.0 Å². The number of hydrogen-bond donors (Lipinski definition) is 1. The molecule has 0 saturated heterocycles. The van der Waals surface area contributed by atoms with Gasteiger partial charge in [0, 0.05) is 31.2 Å². The molecule has 4 aliphatic heterocycles. The second-order valence-electron chi connectivity index (χ2n) is 14.3. The molecule has 8 nitrogen and oxygen atoms in total. The van der Waals surface area contributed by atoms with Crippen LogP contribution in [-0.4, -0.2) is 76.7 Å². The number of rotatable bonds is 3. The highest BCUT2D eigenvalue weighted by molar-refractivity contribution is 5.62. The van der Waals surface area contributed by atoms with Crippen molar-refractivity contribution in [3.05, 3.63) is 94.0 Å². The molecule has 246 valence electrons. The van der Waals surface area contributed by atoms with Gasteiger partial charge in [-0.3, -0.25) is 0 Å². The first-order valence-electron chi connectivity index (χ1n) is 16.4. The van der Waals surface area contributed by atoms with Crippen molar-refractivity contribution in [1.82, 2.24) is 0 Å². The summed E-state index contributed by atoms with van der Waals surface area (Å²) in [6.07, 6.45) is 3.37. The summed E-state index contributed by atoms with van der Waals surface area (Å²) in [5, 5.41) is 11.1. The standard InChI is InChI=1S/C39H45N2O6/c1-40(2)16-14-26-21-34(43-5)35-23-29(26)30(40)18-24-8-11-28(12-9-24)46-39-37-27(22-36(44-6)38(39)45-7)15-17-41(3,4)31(37)19-25-10-13-32(42)33(20-25)47-35/h8-13,20-23,30-31H,14-19H2,1-7H3/q+1/p+1. The molecule has 0 fully saturated rings. The molecule has 4 aromatic carbocycles. The van der Waals surface area contributed by atoms with Crippen LogP contribution in [0.1, 0.15) is 45.5 Å². The summed E-state index contributed by atoms with van der Waals surface area (Å²) in [7, 11) is 14.1. The third-order valence-corrected chi connectivity index (χ3v) is 10.7. The molecular formula is C39H46N2O6+2. The van der Waals surface area contributed by atoms with Crippen molar-refractivity contribution in [3.8, 4) is 46.0 Å². The van der Waals surface area contributed by atoms with Crippen LogP contribution < -0.4 is 23.7 Å². The number of ether oxygens (including phenoxy) is 5. The summed E-state index contributed by atoms with van der Waals surface area (Å²) in [6, 6.07) is 20.7. The molecule has 47 heavy (non-hydrogen) atoms. The number of phenols is 1. The molecule has 2 atom stereocenters. The summed E-state index contributed by atoms with van der Waals surface area (Å²) in [6.45, 7) is 1.97. The molecule has 8 rings (SSSR count). The van der Waals surface area contributed by atoms with Gasteiger partial charge in [0.05, 0.1) is 68.2 Å². The Hall–Kier alpha value is -4.40. The number of nitrogens with zero attached hydrogens (tertiary/aromatic N) is 2. The molecule has 8 heteroatoms. The van der Waals surface area contributed by atoms with Gasteiger partial charge in [0.1, 0.15) is 17.8 Å². The average molecular weight is 639 g/mol. The highest BCUT2D eigenvalue weighted by Gasteiger charge is 2.41. The first-order valence-corrected chi connectivity index (χ1v) is 16.4. The SMILES string of the molecule is COc1cc2c3cc1Oc1cc(ccc1O)CC1c4c(cc(OC)c(OC)c4Oc4ccc(cc4)CC3[N+](C)(C)CC2)CC[N+]1(C)C. The smallest absolute Gasteiger partial charge is 0.204 e. The molecule has 0 amide bonds. The van der Waals surface area contributed by atoms with Crippen molar-refractivity contribution in [2.45, 2.75) is 37.8 Å². The van der Waals surface area contributed by atoms with Gasteiger partial charge in [-0.15, -0.1) is 0 Å². The number of benzene rings is 4. The van der Waals surface area contributed by atoms with Gasteiger partial charge in [-0.25, -0.2) is 0 Å². The van der Waals surface area contributed by atoms with Crippen LogP contribution in [0.25, 0.3) is 0 Å². The molecule has 6 bridgehead atoms. The first kappa shape index (κ1) is 31.2. The van der Waals surface area contributed by atoms with E-state index in [0.29, 0.717) is 40.9 Å². The molecule has 0 spiro atoms. The number of likely N-dealkylation sites (N-methyl/N-ethyl adjacent to an activating group) is 2. The maximum absolute atomic E-state index is 11.1. The lowest BCUT2D eigenvalue weighted by molar-refractivity contribution is -0.923. The fourth-order valence-electron chi connectivity index (χ4n) is 7.79. The molecule has 0 radical (unpaired) electrons. The zero-order valence-corrected chi connectivity index (χ0v) is 28.6. The minimum absolute atomic E-state index is 0.0307. The second kappa shape index (κ2) is 11.7. The Morgan fingerprint density at radius 2 is 1.30 bits per heavy atom. The normalized spacial score (nSPS) is 20.5. The van der Waals surface area contributed by atoms with Gasteiger partial charge in [0.2, 0.25) is 5.75 Å². The second-order valence-corrected chi connectivity index (χ2v) is 14.3. The van der Waals surface area contributed by atoms with Gasteiger partial charge in [-0.05, 0) is 64.7 Å². The Bertz CT molecular complexity index is 1830.